The highest BCUT2D eigenvalue weighted by Crippen LogP contribution is 2.74. The molecule has 1 N–H and O–H groups in total. The van der Waals surface area contributed by atoms with E-state index in [0.29, 0.717) is 32.1 Å². The fourth-order valence-electron chi connectivity index (χ4n) is 10.3. The smallest absolute Gasteiger partial charge is 0.312 e. The van der Waals surface area contributed by atoms with Gasteiger partial charge in [-0.3, -0.25) is 19.2 Å². The topological polar surface area (TPSA) is 97.7 Å². The lowest BCUT2D eigenvalue weighted by Gasteiger charge is -2.69. The van der Waals surface area contributed by atoms with E-state index in [9.17, 15) is 24.3 Å². The molecule has 0 amide bonds. The third-order valence-corrected chi connectivity index (χ3v) is 13.0. The molecule has 0 aliphatic heterocycles. The van der Waals surface area contributed by atoms with Crippen LogP contribution in [-0.2, 0) is 23.9 Å². The molecule has 6 nitrogen and oxygen atoms in total. The normalized spacial score (nSPS) is 47.9. The van der Waals surface area contributed by atoms with Crippen molar-refractivity contribution < 1.29 is 29.0 Å². The van der Waals surface area contributed by atoms with E-state index in [0.717, 1.165) is 23.9 Å². The molecule has 0 spiro atoms. The summed E-state index contributed by atoms with van der Waals surface area (Å²) in [5, 5.41) is 10.5. The number of fused-ring (bicyclic) bond motifs is 7. The molecule has 0 aromatic rings. The van der Waals surface area contributed by atoms with Gasteiger partial charge in [0, 0.05) is 11.5 Å². The van der Waals surface area contributed by atoms with Crippen LogP contribution in [0.1, 0.15) is 86.5 Å². The van der Waals surface area contributed by atoms with Crippen molar-refractivity contribution in [1.29, 1.82) is 0 Å². The molecule has 5 aliphatic carbocycles. The maximum absolute atomic E-state index is 14.4. The molecule has 0 heterocycles. The number of ketones is 3. The Bertz CT molecular complexity index is 1230. The first kappa shape index (κ1) is 28.7. The summed E-state index contributed by atoms with van der Waals surface area (Å²) in [6.07, 6.45) is 6.67. The molecule has 4 saturated carbocycles. The number of allylic oxidation sites excluding steroid dienone is 3. The van der Waals surface area contributed by atoms with Gasteiger partial charge in [0.2, 0.25) is 0 Å². The Morgan fingerprint density at radius 2 is 1.67 bits per heavy atom. The third kappa shape index (κ3) is 3.31. The number of aliphatic hydroxyl groups excluding tert-OH is 1. The number of halogens is 1. The summed E-state index contributed by atoms with van der Waals surface area (Å²) < 4.78 is 5.38. The van der Waals surface area contributed by atoms with Crippen molar-refractivity contribution in [3.05, 3.63) is 22.8 Å². The average Bonchev–Trinajstić information content (AvgIpc) is 2.88. The first-order chi connectivity index (χ1) is 18.0. The minimum absolute atomic E-state index is 0.00205. The Labute approximate surface area is 237 Å². The summed E-state index contributed by atoms with van der Waals surface area (Å²) in [5.74, 6) is -1.98. The molecule has 8 atom stereocenters. The van der Waals surface area contributed by atoms with Crippen molar-refractivity contribution in [2.75, 3.05) is 13.7 Å². The Kier molecular flexibility index (Phi) is 6.34. The minimum atomic E-state index is -1.17. The average molecular weight is 559 g/mol. The molecule has 0 unspecified atom stereocenters. The van der Waals surface area contributed by atoms with E-state index in [1.165, 1.54) is 7.11 Å². The van der Waals surface area contributed by atoms with Crippen LogP contribution in [0.25, 0.3) is 0 Å². The van der Waals surface area contributed by atoms with Crippen LogP contribution in [0.3, 0.4) is 0 Å². The predicted octanol–water partition coefficient (Wildman–Crippen LogP) is 5.59. The van der Waals surface area contributed by atoms with Crippen molar-refractivity contribution in [2.24, 2.45) is 50.2 Å². The number of Topliss-reactive ketones (excluding diaryl/α,β-unsaturated/α-hetero) is 2. The minimum Gasteiger partial charge on any atom is -0.469 e. The zero-order chi connectivity index (χ0) is 29.0. The highest BCUT2D eigenvalue weighted by atomic mass is 35.5. The lowest BCUT2D eigenvalue weighted by molar-refractivity contribution is -0.192. The van der Waals surface area contributed by atoms with E-state index in [2.05, 4.69) is 27.7 Å². The monoisotopic (exact) mass is 558 g/mol. The predicted molar refractivity (Wildman–Crippen MR) is 148 cm³/mol. The summed E-state index contributed by atoms with van der Waals surface area (Å²) in [7, 11) is 1.45. The lowest BCUT2D eigenvalue weighted by Crippen LogP contribution is -2.68. The number of hydrogen-bond acceptors (Lipinski definition) is 6. The second-order valence-corrected chi connectivity index (χ2v) is 15.1. The van der Waals surface area contributed by atoms with Gasteiger partial charge in [0.15, 0.2) is 17.3 Å². The van der Waals surface area contributed by atoms with Gasteiger partial charge in [0.1, 0.15) is 0 Å². The number of ether oxygens (including phenoxy) is 1. The number of carbonyl (C=O) groups is 4. The van der Waals surface area contributed by atoms with Crippen molar-refractivity contribution in [2.45, 2.75) is 86.5 Å². The third-order valence-electron chi connectivity index (χ3n) is 12.8. The number of aliphatic hydroxyl groups is 1. The molecule has 214 valence electrons. The maximum Gasteiger partial charge on any atom is 0.312 e. The van der Waals surface area contributed by atoms with Crippen molar-refractivity contribution >= 4 is 34.9 Å². The van der Waals surface area contributed by atoms with Crippen molar-refractivity contribution in [3.8, 4) is 0 Å². The molecule has 0 bridgehead atoms. The highest BCUT2D eigenvalue weighted by Gasteiger charge is 2.73. The Morgan fingerprint density at radius 1 is 1.03 bits per heavy atom. The molecule has 4 fully saturated rings. The SMILES string of the molecule is COC(=O)[C@]12CCC(C)(C)C[C@H]1[C@H]1C(=O)C=C3[C@@]4(C)C(=O)/C(=C\Cl)C(=O)[C@](C)(CO)[C@@H]4CC[C@@]3(C)[C@]1(C)CC2. The Balaban J connectivity index is 1.72. The van der Waals surface area contributed by atoms with E-state index < -0.39 is 45.4 Å². The zero-order valence-corrected chi connectivity index (χ0v) is 25.2. The van der Waals surface area contributed by atoms with Crippen LogP contribution in [0, 0.1) is 50.2 Å². The van der Waals surface area contributed by atoms with Gasteiger partial charge >= 0.3 is 5.97 Å². The number of methoxy groups -OCH3 is 1. The largest absolute Gasteiger partial charge is 0.469 e. The molecule has 0 aromatic carbocycles. The highest BCUT2D eigenvalue weighted by molar-refractivity contribution is 6.36. The first-order valence-corrected chi connectivity index (χ1v) is 14.8. The van der Waals surface area contributed by atoms with E-state index in [1.807, 2.05) is 6.92 Å². The molecular weight excluding hydrogens is 516 g/mol. The standard InChI is InChI=1S/C32H43ClO6/c1-27(2)10-12-32(26(38)39-7)13-11-30(5)23(19(32)15-27)20(35)14-22-29(30,4)9-8-21-28(3,17-34)24(36)18(16-33)25(37)31(21,22)6/h14,16,19,21,23,34H,8-13,15,17H2,1-7H3/b18-16-/t19-,21-,23-,28+,29+,30+,31-,32-/m0/s1. The van der Waals surface area contributed by atoms with Gasteiger partial charge in [-0.2, -0.15) is 0 Å². The van der Waals surface area contributed by atoms with Gasteiger partial charge in [0.05, 0.1) is 35.5 Å². The second kappa shape index (κ2) is 8.61. The second-order valence-electron chi connectivity index (χ2n) is 14.9. The summed E-state index contributed by atoms with van der Waals surface area (Å²) in [6, 6.07) is 0. The first-order valence-electron chi connectivity index (χ1n) is 14.4. The van der Waals surface area contributed by atoms with Crippen molar-refractivity contribution in [1.82, 2.24) is 0 Å². The fraction of sp³-hybridized carbons (Fsp3) is 0.750. The summed E-state index contributed by atoms with van der Waals surface area (Å²) in [6.45, 7) is 12.0. The molecule has 0 aromatic heterocycles. The molecular formula is C32H43ClO6. The maximum atomic E-state index is 14.4. The summed E-state index contributed by atoms with van der Waals surface area (Å²) in [4.78, 5) is 55.3. The van der Waals surface area contributed by atoms with Crippen LogP contribution in [-0.4, -0.2) is 42.1 Å². The zero-order valence-electron chi connectivity index (χ0n) is 24.4. The van der Waals surface area contributed by atoms with Gasteiger partial charge in [-0.25, -0.2) is 0 Å². The van der Waals surface area contributed by atoms with Crippen LogP contribution in [0.5, 0.6) is 0 Å². The molecule has 5 aliphatic rings. The number of carbonyl (C=O) groups excluding carboxylic acids is 4. The molecule has 7 heteroatoms. The molecule has 0 saturated heterocycles. The number of hydrogen-bond donors (Lipinski definition) is 1. The Hall–Kier alpha value is -1.79. The number of rotatable bonds is 2. The van der Waals surface area contributed by atoms with Crippen LogP contribution in [0.4, 0.5) is 0 Å². The van der Waals surface area contributed by atoms with E-state index >= 15 is 0 Å². The van der Waals surface area contributed by atoms with Gasteiger partial charge in [-0.05, 0) is 98.5 Å². The van der Waals surface area contributed by atoms with Gasteiger partial charge in [0.25, 0.3) is 0 Å². The molecule has 0 radical (unpaired) electrons. The van der Waals surface area contributed by atoms with Crippen molar-refractivity contribution in [3.63, 3.8) is 0 Å². The fourth-order valence-corrected chi connectivity index (χ4v) is 10.5. The molecule has 5 rings (SSSR count). The van der Waals surface area contributed by atoms with Crippen LogP contribution >= 0.6 is 11.6 Å². The van der Waals surface area contributed by atoms with Crippen LogP contribution in [0.2, 0.25) is 0 Å². The van der Waals surface area contributed by atoms with E-state index in [1.54, 1.807) is 13.0 Å². The number of esters is 1. The summed E-state index contributed by atoms with van der Waals surface area (Å²) in [5.41, 5.74) is -2.27. The van der Waals surface area contributed by atoms with Gasteiger partial charge < -0.3 is 9.84 Å². The van der Waals surface area contributed by atoms with Gasteiger partial charge in [-0.1, -0.05) is 39.3 Å². The van der Waals surface area contributed by atoms with E-state index in [-0.39, 0.29) is 40.4 Å². The van der Waals surface area contributed by atoms with Crippen LogP contribution in [0.15, 0.2) is 22.8 Å². The Morgan fingerprint density at radius 3 is 2.26 bits per heavy atom. The molecule has 39 heavy (non-hydrogen) atoms. The van der Waals surface area contributed by atoms with E-state index in [4.69, 9.17) is 16.3 Å². The van der Waals surface area contributed by atoms with Gasteiger partial charge in [-0.15, -0.1) is 0 Å². The summed E-state index contributed by atoms with van der Waals surface area (Å²) >= 11 is 6.07. The lowest BCUT2D eigenvalue weighted by atomic mass is 9.33. The van der Waals surface area contributed by atoms with Crippen LogP contribution < -0.4 is 0 Å². The quantitative estimate of drug-likeness (QED) is 0.269.